The van der Waals surface area contributed by atoms with Crippen molar-refractivity contribution in [2.24, 2.45) is 4.99 Å². The molecule has 0 aromatic rings. The van der Waals surface area contributed by atoms with E-state index in [0.29, 0.717) is 11.8 Å². The van der Waals surface area contributed by atoms with Crippen molar-refractivity contribution in [1.29, 1.82) is 0 Å². The summed E-state index contributed by atoms with van der Waals surface area (Å²) in [6, 6.07) is 0. The fraction of sp³-hybridized carbons (Fsp3) is 0.800. The van der Waals surface area contributed by atoms with Crippen LogP contribution in [0.15, 0.2) is 4.99 Å². The second-order valence-corrected chi connectivity index (χ2v) is 2.06. The van der Waals surface area contributed by atoms with Crippen LogP contribution in [0.4, 0.5) is 0 Å². The highest BCUT2D eigenvalue weighted by atomic mass is 35.5. The number of ether oxygens (including phenoxy) is 1. The van der Waals surface area contributed by atoms with E-state index < -0.39 is 0 Å². The maximum atomic E-state index is 5.42. The van der Waals surface area contributed by atoms with Crippen LogP contribution in [-0.2, 0) is 4.74 Å². The first-order valence-corrected chi connectivity index (χ1v) is 3.12. The van der Waals surface area contributed by atoms with E-state index in [1.807, 2.05) is 6.92 Å². The van der Waals surface area contributed by atoms with E-state index in [0.717, 1.165) is 6.54 Å². The zero-order valence-electron chi connectivity index (χ0n) is 4.72. The molecule has 1 aliphatic rings. The van der Waals surface area contributed by atoms with E-state index >= 15 is 0 Å². The minimum Gasteiger partial charge on any atom is -0.475 e. The molecule has 1 heterocycles. The van der Waals surface area contributed by atoms with Crippen molar-refractivity contribution in [1.82, 2.24) is 0 Å². The summed E-state index contributed by atoms with van der Waals surface area (Å²) in [5.41, 5.74) is 0. The second kappa shape index (κ2) is 2.35. The van der Waals surface area contributed by atoms with Crippen LogP contribution < -0.4 is 0 Å². The predicted molar refractivity (Wildman–Crippen MR) is 33.6 cm³/mol. The van der Waals surface area contributed by atoms with Gasteiger partial charge in [0.15, 0.2) is 5.90 Å². The Morgan fingerprint density at radius 1 is 2.00 bits per heavy atom. The van der Waals surface area contributed by atoms with Gasteiger partial charge in [-0.3, -0.25) is 4.99 Å². The number of nitrogens with zero attached hydrogens (tertiary/aromatic N) is 1. The minimum atomic E-state index is 0.240. The molecule has 1 atom stereocenters. The summed E-state index contributed by atoms with van der Waals surface area (Å²) in [5.74, 6) is 1.09. The third-order valence-electron chi connectivity index (χ3n) is 0.976. The number of rotatable bonds is 1. The Hall–Kier alpha value is -0.240. The standard InChI is InChI=1S/C5H8ClNO/c1-4-3-7-5(2-6)8-4/h4H,2-3H2,1H3/t4-/m0/s1. The van der Waals surface area contributed by atoms with Crippen LogP contribution in [0.25, 0.3) is 0 Å². The molecule has 0 N–H and O–H groups in total. The summed E-state index contributed by atoms with van der Waals surface area (Å²) in [4.78, 5) is 4.00. The Morgan fingerprint density at radius 3 is 3.00 bits per heavy atom. The monoisotopic (exact) mass is 133 g/mol. The molecule has 0 amide bonds. The van der Waals surface area contributed by atoms with Crippen LogP contribution in [0.5, 0.6) is 0 Å². The van der Waals surface area contributed by atoms with Gasteiger partial charge in [-0.25, -0.2) is 0 Å². The van der Waals surface area contributed by atoms with E-state index in [4.69, 9.17) is 16.3 Å². The van der Waals surface area contributed by atoms with Crippen molar-refractivity contribution in [3.63, 3.8) is 0 Å². The molecule has 0 aromatic carbocycles. The zero-order valence-corrected chi connectivity index (χ0v) is 5.48. The highest BCUT2D eigenvalue weighted by Crippen LogP contribution is 2.03. The van der Waals surface area contributed by atoms with Gasteiger partial charge < -0.3 is 4.74 Å². The molecule has 0 aromatic heterocycles. The average Bonchev–Trinajstić information content (AvgIpc) is 2.14. The van der Waals surface area contributed by atoms with Crippen molar-refractivity contribution in [2.45, 2.75) is 13.0 Å². The van der Waals surface area contributed by atoms with Gasteiger partial charge in [0.1, 0.15) is 6.10 Å². The highest BCUT2D eigenvalue weighted by Gasteiger charge is 2.12. The summed E-state index contributed by atoms with van der Waals surface area (Å²) < 4.78 is 5.13. The maximum Gasteiger partial charge on any atom is 0.199 e. The predicted octanol–water partition coefficient (Wildman–Crippen LogP) is 1.04. The van der Waals surface area contributed by atoms with E-state index in [9.17, 15) is 0 Å². The summed E-state index contributed by atoms with van der Waals surface area (Å²) in [6.07, 6.45) is 0.240. The molecule has 3 heteroatoms. The Morgan fingerprint density at radius 2 is 2.75 bits per heavy atom. The molecular weight excluding hydrogens is 126 g/mol. The van der Waals surface area contributed by atoms with E-state index in [-0.39, 0.29) is 6.10 Å². The number of hydrogen-bond acceptors (Lipinski definition) is 2. The van der Waals surface area contributed by atoms with Crippen molar-refractivity contribution in [2.75, 3.05) is 12.4 Å². The molecule has 0 bridgehead atoms. The molecule has 0 saturated heterocycles. The van der Waals surface area contributed by atoms with Gasteiger partial charge in [-0.15, -0.1) is 11.6 Å². The molecule has 0 aliphatic carbocycles. The van der Waals surface area contributed by atoms with Crippen molar-refractivity contribution >= 4 is 17.5 Å². The van der Waals surface area contributed by atoms with E-state index in [1.165, 1.54) is 0 Å². The van der Waals surface area contributed by atoms with Gasteiger partial charge in [-0.2, -0.15) is 0 Å². The quantitative estimate of drug-likeness (QED) is 0.490. The van der Waals surface area contributed by atoms with Crippen LogP contribution >= 0.6 is 11.6 Å². The number of halogens is 1. The third kappa shape index (κ3) is 1.13. The third-order valence-corrected chi connectivity index (χ3v) is 1.20. The van der Waals surface area contributed by atoms with Crippen molar-refractivity contribution in [3.8, 4) is 0 Å². The van der Waals surface area contributed by atoms with Crippen LogP contribution in [0, 0.1) is 0 Å². The molecule has 1 rings (SSSR count). The first kappa shape index (κ1) is 5.89. The molecule has 0 radical (unpaired) electrons. The molecule has 2 nitrogen and oxygen atoms in total. The first-order chi connectivity index (χ1) is 3.83. The van der Waals surface area contributed by atoms with Crippen LogP contribution in [-0.4, -0.2) is 24.4 Å². The normalized spacial score (nSPS) is 27.2. The minimum absolute atomic E-state index is 0.240. The van der Waals surface area contributed by atoms with Crippen molar-refractivity contribution in [3.05, 3.63) is 0 Å². The van der Waals surface area contributed by atoms with Gasteiger partial charge in [0.05, 0.1) is 12.4 Å². The summed E-state index contributed by atoms with van der Waals surface area (Å²) in [6.45, 7) is 2.74. The summed E-state index contributed by atoms with van der Waals surface area (Å²) in [7, 11) is 0. The summed E-state index contributed by atoms with van der Waals surface area (Å²) in [5, 5.41) is 0. The lowest BCUT2D eigenvalue weighted by atomic mass is 10.4. The first-order valence-electron chi connectivity index (χ1n) is 2.59. The topological polar surface area (TPSA) is 21.6 Å². The molecule has 0 unspecified atom stereocenters. The fourth-order valence-electron chi connectivity index (χ4n) is 0.611. The van der Waals surface area contributed by atoms with Crippen molar-refractivity contribution < 1.29 is 4.74 Å². The molecule has 1 aliphatic heterocycles. The van der Waals surface area contributed by atoms with Crippen LogP contribution in [0.2, 0.25) is 0 Å². The van der Waals surface area contributed by atoms with Crippen LogP contribution in [0.1, 0.15) is 6.92 Å². The van der Waals surface area contributed by atoms with Gasteiger partial charge in [-0.1, -0.05) is 0 Å². The lowest BCUT2D eigenvalue weighted by Gasteiger charge is -2.00. The molecule has 0 fully saturated rings. The Bertz CT molecular complexity index is 113. The fourth-order valence-corrected chi connectivity index (χ4v) is 0.758. The van der Waals surface area contributed by atoms with E-state index in [2.05, 4.69) is 4.99 Å². The lowest BCUT2D eigenvalue weighted by molar-refractivity contribution is 0.244. The number of alkyl halides is 1. The molecule has 46 valence electrons. The van der Waals surface area contributed by atoms with E-state index in [1.54, 1.807) is 0 Å². The van der Waals surface area contributed by atoms with Gasteiger partial charge >= 0.3 is 0 Å². The lowest BCUT2D eigenvalue weighted by Crippen LogP contribution is -2.08. The summed E-state index contributed by atoms with van der Waals surface area (Å²) >= 11 is 5.42. The average molecular weight is 134 g/mol. The molecule has 8 heavy (non-hydrogen) atoms. The number of aliphatic imine (C=N–C) groups is 1. The molecular formula is C5H8ClNO. The Balaban J connectivity index is 2.37. The number of hydrogen-bond donors (Lipinski definition) is 0. The Kier molecular flexibility index (Phi) is 1.73. The largest absolute Gasteiger partial charge is 0.475 e. The Labute approximate surface area is 53.5 Å². The molecule has 0 spiro atoms. The SMILES string of the molecule is C[C@H]1CN=C(CCl)O1. The van der Waals surface area contributed by atoms with Gasteiger partial charge in [-0.05, 0) is 6.92 Å². The maximum absolute atomic E-state index is 5.42. The smallest absolute Gasteiger partial charge is 0.199 e. The molecule has 0 saturated carbocycles. The highest BCUT2D eigenvalue weighted by molar-refractivity contribution is 6.27. The van der Waals surface area contributed by atoms with Gasteiger partial charge in [0.2, 0.25) is 0 Å². The van der Waals surface area contributed by atoms with Gasteiger partial charge in [0, 0.05) is 0 Å². The zero-order chi connectivity index (χ0) is 5.98. The second-order valence-electron chi connectivity index (χ2n) is 1.80. The van der Waals surface area contributed by atoms with Gasteiger partial charge in [0.25, 0.3) is 0 Å². The van der Waals surface area contributed by atoms with Crippen LogP contribution in [0.3, 0.4) is 0 Å².